The van der Waals surface area contributed by atoms with Gasteiger partial charge in [0.1, 0.15) is 6.29 Å². The van der Waals surface area contributed by atoms with Crippen LogP contribution >= 0.6 is 0 Å². The summed E-state index contributed by atoms with van der Waals surface area (Å²) in [4.78, 5) is 23.1. The first kappa shape index (κ1) is 11.2. The lowest BCUT2D eigenvalue weighted by Crippen LogP contribution is -2.30. The second-order valence-electron chi connectivity index (χ2n) is 3.48. The molecule has 0 unspecified atom stereocenters. The first-order chi connectivity index (χ1) is 7.04. The fraction of sp³-hybridized carbons (Fsp3) is 0.273. The number of aryl methyl sites for hydroxylation is 1. The largest absolute Gasteiger partial charge is 0.368 e. The van der Waals surface area contributed by atoms with E-state index in [4.69, 9.17) is 5.73 Å². The van der Waals surface area contributed by atoms with Gasteiger partial charge in [0.25, 0.3) is 0 Å². The summed E-state index contributed by atoms with van der Waals surface area (Å²) in [7, 11) is 1.78. The van der Waals surface area contributed by atoms with E-state index < -0.39 is 0 Å². The van der Waals surface area contributed by atoms with Crippen LogP contribution < -0.4 is 10.6 Å². The van der Waals surface area contributed by atoms with Gasteiger partial charge in [0, 0.05) is 18.3 Å². The van der Waals surface area contributed by atoms with E-state index in [0.717, 1.165) is 17.5 Å². The number of carbonyl (C=O) groups is 2. The molecule has 80 valence electrons. The van der Waals surface area contributed by atoms with Crippen molar-refractivity contribution in [2.45, 2.75) is 6.92 Å². The number of aldehydes is 1. The van der Waals surface area contributed by atoms with Crippen LogP contribution in [0.5, 0.6) is 0 Å². The fourth-order valence-corrected chi connectivity index (χ4v) is 1.35. The smallest absolute Gasteiger partial charge is 0.236 e. The molecule has 0 aliphatic heterocycles. The molecule has 1 rings (SSSR count). The molecule has 1 aromatic carbocycles. The molecular formula is C11H14N2O2. The van der Waals surface area contributed by atoms with Crippen LogP contribution in [0.25, 0.3) is 0 Å². The van der Waals surface area contributed by atoms with E-state index in [2.05, 4.69) is 0 Å². The van der Waals surface area contributed by atoms with Crippen LogP contribution in [0.1, 0.15) is 15.9 Å². The van der Waals surface area contributed by atoms with Crippen molar-refractivity contribution in [2.24, 2.45) is 5.73 Å². The molecule has 0 aromatic heterocycles. The Morgan fingerprint density at radius 2 is 2.20 bits per heavy atom. The molecule has 0 radical (unpaired) electrons. The zero-order chi connectivity index (χ0) is 11.4. The minimum Gasteiger partial charge on any atom is -0.368 e. The molecule has 0 bridgehead atoms. The van der Waals surface area contributed by atoms with Crippen molar-refractivity contribution in [1.29, 1.82) is 0 Å². The molecule has 0 spiro atoms. The van der Waals surface area contributed by atoms with Gasteiger partial charge >= 0.3 is 0 Å². The van der Waals surface area contributed by atoms with Crippen molar-refractivity contribution < 1.29 is 9.59 Å². The standard InChI is InChI=1S/C11H14N2O2/c1-8-5-10(4-3-9(8)7-14)13(2)6-11(12)15/h3-5,7H,6H2,1-2H3,(H2,12,15). The van der Waals surface area contributed by atoms with Gasteiger partial charge in [0.15, 0.2) is 0 Å². The maximum atomic E-state index is 10.7. The number of benzene rings is 1. The summed E-state index contributed by atoms with van der Waals surface area (Å²) in [5.41, 5.74) is 7.51. The molecule has 0 heterocycles. The maximum Gasteiger partial charge on any atom is 0.236 e. The summed E-state index contributed by atoms with van der Waals surface area (Å²) in [5.74, 6) is -0.380. The van der Waals surface area contributed by atoms with E-state index in [1.54, 1.807) is 24.1 Å². The van der Waals surface area contributed by atoms with Crippen molar-refractivity contribution >= 4 is 17.9 Å². The molecule has 0 aliphatic rings. The normalized spacial score (nSPS) is 9.73. The number of nitrogens with two attached hydrogens (primary N) is 1. The van der Waals surface area contributed by atoms with Gasteiger partial charge in [-0.2, -0.15) is 0 Å². The molecule has 0 saturated carbocycles. The Hall–Kier alpha value is -1.84. The number of amides is 1. The number of hydrogen-bond acceptors (Lipinski definition) is 3. The highest BCUT2D eigenvalue weighted by Gasteiger charge is 2.05. The summed E-state index contributed by atoms with van der Waals surface area (Å²) < 4.78 is 0. The first-order valence-corrected chi connectivity index (χ1v) is 4.60. The Kier molecular flexibility index (Phi) is 3.44. The quantitative estimate of drug-likeness (QED) is 0.738. The molecule has 1 amide bonds. The second kappa shape index (κ2) is 4.59. The van der Waals surface area contributed by atoms with E-state index in [-0.39, 0.29) is 12.5 Å². The van der Waals surface area contributed by atoms with E-state index in [9.17, 15) is 9.59 Å². The molecule has 0 fully saturated rings. The summed E-state index contributed by atoms with van der Waals surface area (Å²) in [6, 6.07) is 5.38. The van der Waals surface area contributed by atoms with Crippen LogP contribution in [0, 0.1) is 6.92 Å². The zero-order valence-electron chi connectivity index (χ0n) is 8.86. The van der Waals surface area contributed by atoms with E-state index in [1.807, 2.05) is 13.0 Å². The average Bonchev–Trinajstić information content (AvgIpc) is 2.16. The number of nitrogens with zero attached hydrogens (tertiary/aromatic N) is 1. The lowest BCUT2D eigenvalue weighted by molar-refractivity contribution is -0.116. The predicted octanol–water partition coefficient (Wildman–Crippen LogP) is 0.729. The molecule has 0 aliphatic carbocycles. The third-order valence-corrected chi connectivity index (χ3v) is 2.21. The van der Waals surface area contributed by atoms with Gasteiger partial charge in [0.05, 0.1) is 6.54 Å². The number of carbonyl (C=O) groups excluding carboxylic acids is 2. The molecule has 4 heteroatoms. The van der Waals surface area contributed by atoms with Crippen LogP contribution in [0.4, 0.5) is 5.69 Å². The van der Waals surface area contributed by atoms with Gasteiger partial charge < -0.3 is 10.6 Å². The highest BCUT2D eigenvalue weighted by molar-refractivity contribution is 5.81. The minimum atomic E-state index is -0.380. The van der Waals surface area contributed by atoms with Crippen molar-refractivity contribution in [1.82, 2.24) is 0 Å². The third-order valence-electron chi connectivity index (χ3n) is 2.21. The van der Waals surface area contributed by atoms with Crippen LogP contribution in [-0.2, 0) is 4.79 Å². The van der Waals surface area contributed by atoms with Crippen LogP contribution in [0.2, 0.25) is 0 Å². The average molecular weight is 206 g/mol. The first-order valence-electron chi connectivity index (χ1n) is 4.60. The summed E-state index contributed by atoms with van der Waals surface area (Å²) in [6.45, 7) is 2.02. The van der Waals surface area contributed by atoms with E-state index in [1.165, 1.54) is 0 Å². The number of anilines is 1. The molecule has 0 saturated heterocycles. The van der Waals surface area contributed by atoms with Crippen LogP contribution in [0.15, 0.2) is 18.2 Å². The monoisotopic (exact) mass is 206 g/mol. The third kappa shape index (κ3) is 2.80. The molecule has 2 N–H and O–H groups in total. The van der Waals surface area contributed by atoms with Gasteiger partial charge in [-0.1, -0.05) is 0 Å². The van der Waals surface area contributed by atoms with Gasteiger partial charge in [-0.3, -0.25) is 9.59 Å². The predicted molar refractivity (Wildman–Crippen MR) is 59.0 cm³/mol. The Labute approximate surface area is 88.7 Å². The molecular weight excluding hydrogens is 192 g/mol. The highest BCUT2D eigenvalue weighted by atomic mass is 16.1. The Bertz CT molecular complexity index is 388. The van der Waals surface area contributed by atoms with Crippen LogP contribution in [-0.4, -0.2) is 25.8 Å². The van der Waals surface area contributed by atoms with Gasteiger partial charge in [-0.15, -0.1) is 0 Å². The second-order valence-corrected chi connectivity index (χ2v) is 3.48. The molecule has 1 aromatic rings. The maximum absolute atomic E-state index is 10.7. The number of primary amides is 1. The lowest BCUT2D eigenvalue weighted by Gasteiger charge is -2.18. The summed E-state index contributed by atoms with van der Waals surface area (Å²) >= 11 is 0. The fourth-order valence-electron chi connectivity index (χ4n) is 1.35. The van der Waals surface area contributed by atoms with E-state index >= 15 is 0 Å². The van der Waals surface area contributed by atoms with E-state index in [0.29, 0.717) is 5.56 Å². The Balaban J connectivity index is 2.91. The number of likely N-dealkylation sites (N-methyl/N-ethyl adjacent to an activating group) is 1. The van der Waals surface area contributed by atoms with Gasteiger partial charge in [-0.25, -0.2) is 0 Å². The Morgan fingerprint density at radius 3 is 2.67 bits per heavy atom. The Morgan fingerprint density at radius 1 is 1.53 bits per heavy atom. The molecule has 15 heavy (non-hydrogen) atoms. The summed E-state index contributed by atoms with van der Waals surface area (Å²) in [6.07, 6.45) is 0.813. The van der Waals surface area contributed by atoms with Crippen molar-refractivity contribution in [2.75, 3.05) is 18.5 Å². The van der Waals surface area contributed by atoms with Crippen molar-refractivity contribution in [3.8, 4) is 0 Å². The topological polar surface area (TPSA) is 63.4 Å². The lowest BCUT2D eigenvalue weighted by atomic mass is 10.1. The SMILES string of the molecule is Cc1cc(N(C)CC(N)=O)ccc1C=O. The zero-order valence-corrected chi connectivity index (χ0v) is 8.86. The number of rotatable bonds is 4. The molecule has 4 nitrogen and oxygen atoms in total. The highest BCUT2D eigenvalue weighted by Crippen LogP contribution is 2.16. The van der Waals surface area contributed by atoms with Crippen LogP contribution in [0.3, 0.4) is 0 Å². The number of hydrogen-bond donors (Lipinski definition) is 1. The summed E-state index contributed by atoms with van der Waals surface area (Å²) in [5, 5.41) is 0. The molecule has 0 atom stereocenters. The van der Waals surface area contributed by atoms with Gasteiger partial charge in [0.2, 0.25) is 5.91 Å². The van der Waals surface area contributed by atoms with Crippen molar-refractivity contribution in [3.05, 3.63) is 29.3 Å². The van der Waals surface area contributed by atoms with Crippen molar-refractivity contribution in [3.63, 3.8) is 0 Å². The minimum absolute atomic E-state index is 0.167. The van der Waals surface area contributed by atoms with Gasteiger partial charge in [-0.05, 0) is 30.7 Å².